The molecule has 0 aliphatic carbocycles. The van der Waals surface area contributed by atoms with Gasteiger partial charge < -0.3 is 25.8 Å². The number of aryl methyl sites for hydroxylation is 1. The Kier molecular flexibility index (Phi) is 8.56. The Hall–Kier alpha value is -3.90. The van der Waals surface area contributed by atoms with Crippen LogP contribution in [-0.4, -0.2) is 48.3 Å². The molecule has 0 radical (unpaired) electrons. The molecule has 4 N–H and O–H groups in total. The lowest BCUT2D eigenvalue weighted by molar-refractivity contribution is -0.135. The van der Waals surface area contributed by atoms with E-state index in [4.69, 9.17) is 15.2 Å². The van der Waals surface area contributed by atoms with Crippen LogP contribution in [0.15, 0.2) is 42.5 Å². The number of carbonyl (C=O) groups excluding carboxylic acids is 3. The van der Waals surface area contributed by atoms with Gasteiger partial charge in [0.2, 0.25) is 11.8 Å². The number of nitrogens with zero attached hydrogens (tertiary/aromatic N) is 1. The first kappa shape index (κ1) is 27.7. The van der Waals surface area contributed by atoms with E-state index in [1.807, 2.05) is 49.4 Å². The molecule has 0 bridgehead atoms. The molecule has 1 unspecified atom stereocenters. The summed E-state index contributed by atoms with van der Waals surface area (Å²) in [7, 11) is 0. The Morgan fingerprint density at radius 2 is 1.73 bits per heavy atom. The maximum absolute atomic E-state index is 13.4. The topological polar surface area (TPSA) is 144 Å². The summed E-state index contributed by atoms with van der Waals surface area (Å²) in [5.74, 6) is -1.19. The van der Waals surface area contributed by atoms with E-state index in [0.29, 0.717) is 5.56 Å². The molecule has 0 aromatic heterocycles. The zero-order valence-corrected chi connectivity index (χ0v) is 21.7. The Labute approximate surface area is 217 Å². The Morgan fingerprint density at radius 3 is 2.30 bits per heavy atom. The third-order valence-corrected chi connectivity index (χ3v) is 6.26. The number of primary amides is 1. The molecule has 9 heteroatoms. The van der Waals surface area contributed by atoms with Crippen molar-refractivity contribution in [2.24, 2.45) is 5.73 Å². The molecular weight excluding hydrogens is 472 g/mol. The highest BCUT2D eigenvalue weighted by atomic mass is 16.6. The number of amides is 3. The van der Waals surface area contributed by atoms with Crippen molar-refractivity contribution < 1.29 is 23.9 Å². The van der Waals surface area contributed by atoms with Crippen molar-refractivity contribution in [3.05, 3.63) is 59.2 Å². The van der Waals surface area contributed by atoms with Crippen LogP contribution in [0.1, 0.15) is 50.3 Å². The van der Waals surface area contributed by atoms with E-state index < -0.39 is 35.1 Å². The summed E-state index contributed by atoms with van der Waals surface area (Å²) >= 11 is 0. The van der Waals surface area contributed by atoms with E-state index in [2.05, 4.69) is 16.7 Å². The summed E-state index contributed by atoms with van der Waals surface area (Å²) in [6.07, 6.45) is -0.0668. The Bertz CT molecular complexity index is 1190. The number of nitrogens with two attached hydrogens (primary N) is 1. The molecule has 1 aliphatic rings. The fourth-order valence-corrected chi connectivity index (χ4v) is 4.14. The molecule has 196 valence electrons. The smallest absolute Gasteiger partial charge is 0.408 e. The van der Waals surface area contributed by atoms with Crippen LogP contribution < -0.4 is 16.4 Å². The lowest BCUT2D eigenvalue weighted by Crippen LogP contribution is -2.64. The number of nitrogens with one attached hydrogen (secondary N) is 2. The third-order valence-electron chi connectivity index (χ3n) is 6.26. The van der Waals surface area contributed by atoms with Gasteiger partial charge in [-0.15, -0.1) is 0 Å². The number of hydrogen-bond acceptors (Lipinski definition) is 6. The molecule has 1 saturated heterocycles. The van der Waals surface area contributed by atoms with Crippen LogP contribution in [0, 0.1) is 18.3 Å². The lowest BCUT2D eigenvalue weighted by Gasteiger charge is -2.37. The maximum atomic E-state index is 13.4. The first-order valence-corrected chi connectivity index (χ1v) is 12.2. The van der Waals surface area contributed by atoms with Crippen LogP contribution in [0.25, 0.3) is 11.1 Å². The molecule has 1 fully saturated rings. The maximum Gasteiger partial charge on any atom is 0.408 e. The van der Waals surface area contributed by atoms with Gasteiger partial charge in [-0.2, -0.15) is 5.26 Å². The van der Waals surface area contributed by atoms with E-state index in [0.717, 1.165) is 22.3 Å². The number of hydrogen-bond donors (Lipinski definition) is 3. The van der Waals surface area contributed by atoms with Crippen LogP contribution in [0.2, 0.25) is 0 Å². The second-order valence-corrected chi connectivity index (χ2v) is 10.3. The molecule has 2 aromatic rings. The summed E-state index contributed by atoms with van der Waals surface area (Å²) in [6, 6.07) is 14.4. The lowest BCUT2D eigenvalue weighted by atomic mass is 9.88. The second-order valence-electron chi connectivity index (χ2n) is 10.3. The van der Waals surface area contributed by atoms with Crippen molar-refractivity contribution in [1.29, 1.82) is 5.26 Å². The number of benzene rings is 2. The summed E-state index contributed by atoms with van der Waals surface area (Å²) in [5.41, 5.74) is 7.77. The number of ether oxygens (including phenoxy) is 2. The van der Waals surface area contributed by atoms with Crippen molar-refractivity contribution in [2.45, 2.75) is 64.1 Å². The van der Waals surface area contributed by atoms with Crippen molar-refractivity contribution in [3.63, 3.8) is 0 Å². The fraction of sp³-hybridized carbons (Fsp3) is 0.429. The van der Waals surface area contributed by atoms with Crippen molar-refractivity contribution >= 4 is 17.9 Å². The first-order chi connectivity index (χ1) is 17.4. The van der Waals surface area contributed by atoms with E-state index in [1.165, 1.54) is 0 Å². The van der Waals surface area contributed by atoms with E-state index in [9.17, 15) is 19.6 Å². The highest BCUT2D eigenvalue weighted by molar-refractivity contribution is 5.94. The average Bonchev–Trinajstić information content (AvgIpc) is 2.83. The number of nitriles is 1. The summed E-state index contributed by atoms with van der Waals surface area (Å²) in [5, 5.41) is 14.7. The third kappa shape index (κ3) is 7.30. The van der Waals surface area contributed by atoms with Gasteiger partial charge in [0.15, 0.2) is 0 Å². The molecule has 0 spiro atoms. The van der Waals surface area contributed by atoms with Crippen LogP contribution in [0.3, 0.4) is 0 Å². The fourth-order valence-electron chi connectivity index (χ4n) is 4.14. The molecule has 3 amide bonds. The second kappa shape index (κ2) is 11.4. The highest BCUT2D eigenvalue weighted by Crippen LogP contribution is 2.25. The minimum Gasteiger partial charge on any atom is -0.444 e. The SMILES string of the molecule is Cc1ccc(-c2ccc(CC(NC(=O)C3(NC(=O)OC(C)(C)C)CCOCC3)C(N)=O)cc2)cc1C#N. The summed E-state index contributed by atoms with van der Waals surface area (Å²) in [6.45, 7) is 7.64. The molecule has 37 heavy (non-hydrogen) atoms. The molecular formula is C28H34N4O5. The van der Waals surface area contributed by atoms with Gasteiger partial charge in [0.1, 0.15) is 17.2 Å². The molecule has 1 atom stereocenters. The van der Waals surface area contributed by atoms with Gasteiger partial charge in [-0.25, -0.2) is 4.79 Å². The van der Waals surface area contributed by atoms with E-state index in [1.54, 1.807) is 20.8 Å². The van der Waals surface area contributed by atoms with Gasteiger partial charge in [-0.1, -0.05) is 36.4 Å². The molecule has 3 rings (SSSR count). The minimum absolute atomic E-state index is 0.178. The summed E-state index contributed by atoms with van der Waals surface area (Å²) < 4.78 is 10.7. The highest BCUT2D eigenvalue weighted by Gasteiger charge is 2.43. The number of carbonyl (C=O) groups is 3. The van der Waals surface area contributed by atoms with Crippen molar-refractivity contribution in [1.82, 2.24) is 10.6 Å². The minimum atomic E-state index is -1.28. The van der Waals surface area contributed by atoms with Crippen molar-refractivity contribution in [2.75, 3.05) is 13.2 Å². The van der Waals surface area contributed by atoms with Gasteiger partial charge in [-0.3, -0.25) is 9.59 Å². The zero-order chi connectivity index (χ0) is 27.2. The standard InChI is InChI=1S/C28H34N4O5/c1-18-5-8-21(16-22(18)17-29)20-9-6-19(7-10-20)15-23(24(30)33)31-25(34)28(11-13-36-14-12-28)32-26(35)37-27(2,3)4/h5-10,16,23H,11-15H2,1-4H3,(H2,30,33)(H,31,34)(H,32,35). The number of rotatable bonds is 7. The van der Waals surface area contributed by atoms with Crippen molar-refractivity contribution in [3.8, 4) is 17.2 Å². The quantitative estimate of drug-likeness (QED) is 0.526. The Balaban J connectivity index is 1.74. The Morgan fingerprint density at radius 1 is 1.11 bits per heavy atom. The van der Waals surface area contributed by atoms with Gasteiger partial charge in [0.05, 0.1) is 11.6 Å². The molecule has 0 saturated carbocycles. The van der Waals surface area contributed by atoms with Gasteiger partial charge in [0, 0.05) is 32.5 Å². The zero-order valence-electron chi connectivity index (χ0n) is 21.7. The van der Waals surface area contributed by atoms with Crippen LogP contribution in [-0.2, 0) is 25.5 Å². The first-order valence-electron chi connectivity index (χ1n) is 12.2. The largest absolute Gasteiger partial charge is 0.444 e. The molecule has 1 heterocycles. The average molecular weight is 507 g/mol. The van der Waals surface area contributed by atoms with Gasteiger partial charge in [-0.05, 0) is 56.0 Å². The monoisotopic (exact) mass is 506 g/mol. The molecule has 1 aliphatic heterocycles. The predicted molar refractivity (Wildman–Crippen MR) is 138 cm³/mol. The van der Waals surface area contributed by atoms with Crippen LogP contribution in [0.4, 0.5) is 4.79 Å². The predicted octanol–water partition coefficient (Wildman–Crippen LogP) is 3.12. The molecule has 9 nitrogen and oxygen atoms in total. The normalized spacial score (nSPS) is 15.6. The summed E-state index contributed by atoms with van der Waals surface area (Å²) in [4.78, 5) is 38.1. The number of alkyl carbamates (subject to hydrolysis) is 1. The van der Waals surface area contributed by atoms with E-state index in [-0.39, 0.29) is 32.5 Å². The van der Waals surface area contributed by atoms with Crippen LogP contribution >= 0.6 is 0 Å². The van der Waals surface area contributed by atoms with Crippen LogP contribution in [0.5, 0.6) is 0 Å². The molecule has 2 aromatic carbocycles. The van der Waals surface area contributed by atoms with Gasteiger partial charge >= 0.3 is 6.09 Å². The van der Waals surface area contributed by atoms with Gasteiger partial charge in [0.25, 0.3) is 0 Å². The van der Waals surface area contributed by atoms with E-state index >= 15 is 0 Å².